The number of aromatic nitrogens is 2. The van der Waals surface area contributed by atoms with Crippen molar-refractivity contribution >= 4 is 17.5 Å². The van der Waals surface area contributed by atoms with E-state index in [1.54, 1.807) is 18.2 Å². The lowest BCUT2D eigenvalue weighted by Gasteiger charge is -2.09. The summed E-state index contributed by atoms with van der Waals surface area (Å²) in [6, 6.07) is 5.23. The van der Waals surface area contributed by atoms with Gasteiger partial charge in [-0.25, -0.2) is 4.98 Å². The van der Waals surface area contributed by atoms with E-state index in [0.717, 1.165) is 5.56 Å². The number of imidazole rings is 1. The van der Waals surface area contributed by atoms with E-state index in [9.17, 15) is 9.59 Å². The molecule has 20 heavy (non-hydrogen) atoms. The van der Waals surface area contributed by atoms with E-state index in [1.165, 1.54) is 17.9 Å². The van der Waals surface area contributed by atoms with Crippen molar-refractivity contribution in [1.29, 1.82) is 0 Å². The molecule has 0 spiro atoms. The van der Waals surface area contributed by atoms with Crippen molar-refractivity contribution in [2.75, 3.05) is 12.8 Å². The normalized spacial score (nSPS) is 10.3. The van der Waals surface area contributed by atoms with Crippen molar-refractivity contribution in [3.63, 3.8) is 0 Å². The maximum Gasteiger partial charge on any atom is 0.272 e. The highest BCUT2D eigenvalue weighted by Crippen LogP contribution is 2.19. The van der Waals surface area contributed by atoms with Crippen LogP contribution in [0.5, 0.6) is 0 Å². The first-order chi connectivity index (χ1) is 9.45. The minimum absolute atomic E-state index is 0.00511. The van der Waals surface area contributed by atoms with Crippen LogP contribution in [0.25, 0.3) is 5.69 Å². The number of benzene rings is 1. The second kappa shape index (κ2) is 5.04. The summed E-state index contributed by atoms with van der Waals surface area (Å²) in [6.45, 7) is 1.85. The quantitative estimate of drug-likeness (QED) is 0.693. The van der Waals surface area contributed by atoms with E-state index in [2.05, 4.69) is 10.3 Å². The van der Waals surface area contributed by atoms with E-state index in [-0.39, 0.29) is 11.4 Å². The molecule has 1 heterocycles. The molecule has 0 unspecified atom stereocenters. The topological polar surface area (TPSA) is 116 Å². The van der Waals surface area contributed by atoms with Gasteiger partial charge in [-0.2, -0.15) is 0 Å². The van der Waals surface area contributed by atoms with E-state index >= 15 is 0 Å². The van der Waals surface area contributed by atoms with Crippen molar-refractivity contribution in [2.24, 2.45) is 5.73 Å². The highest BCUT2D eigenvalue weighted by Gasteiger charge is 2.22. The molecule has 0 aliphatic heterocycles. The molecule has 2 amide bonds. The molecule has 2 rings (SSSR count). The van der Waals surface area contributed by atoms with E-state index in [4.69, 9.17) is 11.5 Å². The first-order valence-electron chi connectivity index (χ1n) is 5.91. The van der Waals surface area contributed by atoms with Crippen LogP contribution in [0.3, 0.4) is 0 Å². The highest BCUT2D eigenvalue weighted by atomic mass is 16.2. The number of aryl methyl sites for hydroxylation is 1. The molecule has 104 valence electrons. The predicted octanol–water partition coefficient (Wildman–Crippen LogP) is 0.221. The van der Waals surface area contributed by atoms with Crippen LogP contribution in [0.2, 0.25) is 0 Å². The van der Waals surface area contributed by atoms with Gasteiger partial charge in [0.15, 0.2) is 5.69 Å². The molecule has 1 aromatic heterocycles. The summed E-state index contributed by atoms with van der Waals surface area (Å²) < 4.78 is 1.47. The lowest BCUT2D eigenvalue weighted by molar-refractivity contribution is 0.0937. The fraction of sp³-hybridized carbons (Fsp3) is 0.154. The van der Waals surface area contributed by atoms with Crippen LogP contribution < -0.4 is 16.8 Å². The molecule has 2 aromatic rings. The Morgan fingerprint density at radius 3 is 2.60 bits per heavy atom. The Hall–Kier alpha value is -2.83. The number of carbonyl (C=O) groups is 2. The van der Waals surface area contributed by atoms with Gasteiger partial charge in [-0.3, -0.25) is 14.2 Å². The fourth-order valence-electron chi connectivity index (χ4n) is 1.87. The van der Waals surface area contributed by atoms with Crippen LogP contribution in [-0.4, -0.2) is 28.4 Å². The minimum atomic E-state index is -0.726. The van der Waals surface area contributed by atoms with Gasteiger partial charge in [-0.05, 0) is 30.7 Å². The van der Waals surface area contributed by atoms with Crippen molar-refractivity contribution in [1.82, 2.24) is 14.9 Å². The number of amides is 2. The third kappa shape index (κ3) is 2.20. The molecule has 0 radical (unpaired) electrons. The molecule has 0 bridgehead atoms. The van der Waals surface area contributed by atoms with Gasteiger partial charge in [-0.1, -0.05) is 0 Å². The fourth-order valence-corrected chi connectivity index (χ4v) is 1.87. The number of nitrogens with one attached hydrogen (secondary N) is 1. The first-order valence-corrected chi connectivity index (χ1v) is 5.91. The van der Waals surface area contributed by atoms with Crippen LogP contribution in [0.1, 0.15) is 26.5 Å². The zero-order valence-electron chi connectivity index (χ0n) is 11.2. The Labute approximate surface area is 115 Å². The molecule has 0 saturated carbocycles. The molecule has 0 saturated heterocycles. The zero-order valence-corrected chi connectivity index (χ0v) is 11.2. The highest BCUT2D eigenvalue weighted by molar-refractivity contribution is 6.04. The van der Waals surface area contributed by atoms with Gasteiger partial charge in [0.25, 0.3) is 11.8 Å². The van der Waals surface area contributed by atoms with Crippen LogP contribution in [0, 0.1) is 6.92 Å². The average Bonchev–Trinajstić information content (AvgIpc) is 2.86. The molecule has 5 N–H and O–H groups in total. The Morgan fingerprint density at radius 1 is 1.35 bits per heavy atom. The van der Waals surface area contributed by atoms with E-state index in [1.807, 2.05) is 6.92 Å². The molecule has 0 aliphatic rings. The van der Waals surface area contributed by atoms with Crippen LogP contribution in [-0.2, 0) is 0 Å². The van der Waals surface area contributed by atoms with E-state index in [0.29, 0.717) is 11.4 Å². The Balaban J connectivity index is 2.62. The standard InChI is InChI=1S/C13H15N5O2/c1-7-5-8(3-4-9(7)14)18-6-17-10(13(20)16-2)11(18)12(15)19/h3-6H,14H2,1-2H3,(H2,15,19)(H,16,20). The second-order valence-electron chi connectivity index (χ2n) is 4.30. The molecule has 7 heteroatoms. The number of nitrogen functional groups attached to an aromatic ring is 1. The Morgan fingerprint density at radius 2 is 2.05 bits per heavy atom. The first kappa shape index (κ1) is 13.6. The number of nitrogens with two attached hydrogens (primary N) is 2. The summed E-state index contributed by atoms with van der Waals surface area (Å²) in [7, 11) is 1.46. The zero-order chi connectivity index (χ0) is 14.9. The third-order valence-electron chi connectivity index (χ3n) is 2.97. The third-order valence-corrected chi connectivity index (χ3v) is 2.97. The number of primary amides is 1. The Kier molecular flexibility index (Phi) is 3.43. The molecule has 0 fully saturated rings. The lowest BCUT2D eigenvalue weighted by Crippen LogP contribution is -2.25. The summed E-state index contributed by atoms with van der Waals surface area (Å²) in [4.78, 5) is 27.3. The number of carbonyl (C=O) groups excluding carboxylic acids is 2. The molecular formula is C13H15N5O2. The summed E-state index contributed by atoms with van der Waals surface area (Å²) in [5.74, 6) is -1.19. The molecular weight excluding hydrogens is 258 g/mol. The van der Waals surface area contributed by atoms with Crippen molar-refractivity contribution in [3.05, 3.63) is 41.5 Å². The van der Waals surface area contributed by atoms with Crippen molar-refractivity contribution in [2.45, 2.75) is 6.92 Å². The van der Waals surface area contributed by atoms with Crippen LogP contribution in [0.4, 0.5) is 5.69 Å². The molecule has 1 aromatic carbocycles. The molecule has 7 nitrogen and oxygen atoms in total. The predicted molar refractivity (Wildman–Crippen MR) is 74.6 cm³/mol. The number of hydrogen-bond acceptors (Lipinski definition) is 4. The van der Waals surface area contributed by atoms with Gasteiger partial charge < -0.3 is 16.8 Å². The number of anilines is 1. The van der Waals surface area contributed by atoms with Crippen molar-refractivity contribution in [3.8, 4) is 5.69 Å². The van der Waals surface area contributed by atoms with Gasteiger partial charge in [0, 0.05) is 18.4 Å². The van der Waals surface area contributed by atoms with Gasteiger partial charge in [0.1, 0.15) is 12.0 Å². The van der Waals surface area contributed by atoms with Crippen molar-refractivity contribution < 1.29 is 9.59 Å². The number of hydrogen-bond donors (Lipinski definition) is 3. The molecule has 0 atom stereocenters. The monoisotopic (exact) mass is 273 g/mol. The van der Waals surface area contributed by atoms with Crippen LogP contribution in [0.15, 0.2) is 24.5 Å². The second-order valence-corrected chi connectivity index (χ2v) is 4.30. The molecule has 0 aliphatic carbocycles. The summed E-state index contributed by atoms with van der Waals surface area (Å²) in [6.07, 6.45) is 1.38. The van der Waals surface area contributed by atoms with E-state index < -0.39 is 11.8 Å². The largest absolute Gasteiger partial charge is 0.399 e. The number of rotatable bonds is 3. The summed E-state index contributed by atoms with van der Waals surface area (Å²) in [5, 5.41) is 2.42. The van der Waals surface area contributed by atoms with Gasteiger partial charge >= 0.3 is 0 Å². The van der Waals surface area contributed by atoms with Gasteiger partial charge in [0.2, 0.25) is 0 Å². The lowest BCUT2D eigenvalue weighted by atomic mass is 10.1. The summed E-state index contributed by atoms with van der Waals surface area (Å²) in [5.41, 5.74) is 13.3. The maximum absolute atomic E-state index is 11.7. The minimum Gasteiger partial charge on any atom is -0.399 e. The van der Waals surface area contributed by atoms with Gasteiger partial charge in [-0.15, -0.1) is 0 Å². The SMILES string of the molecule is CNC(=O)c1ncn(-c2ccc(N)c(C)c2)c1C(N)=O. The smallest absolute Gasteiger partial charge is 0.272 e. The van der Waals surface area contributed by atoms with Crippen LogP contribution >= 0.6 is 0 Å². The average molecular weight is 273 g/mol. The van der Waals surface area contributed by atoms with Gasteiger partial charge in [0.05, 0.1) is 0 Å². The summed E-state index contributed by atoms with van der Waals surface area (Å²) >= 11 is 0. The Bertz CT molecular complexity index is 690. The maximum atomic E-state index is 11.7. The number of nitrogens with zero attached hydrogens (tertiary/aromatic N) is 2.